The van der Waals surface area contributed by atoms with Gasteiger partial charge in [0.15, 0.2) is 0 Å². The highest BCUT2D eigenvalue weighted by Crippen LogP contribution is 2.00. The Morgan fingerprint density at radius 3 is 2.64 bits per heavy atom. The lowest BCUT2D eigenvalue weighted by Gasteiger charge is -1.97. The van der Waals surface area contributed by atoms with Crippen molar-refractivity contribution in [3.63, 3.8) is 0 Å². The molecule has 0 radical (unpaired) electrons. The van der Waals surface area contributed by atoms with E-state index in [0.29, 0.717) is 12.8 Å². The van der Waals surface area contributed by atoms with Crippen molar-refractivity contribution in [1.29, 1.82) is 0 Å². The van der Waals surface area contributed by atoms with Crippen molar-refractivity contribution >= 4 is 12.2 Å². The summed E-state index contributed by atoms with van der Waals surface area (Å²) < 4.78 is 0. The van der Waals surface area contributed by atoms with E-state index in [1.807, 2.05) is 0 Å². The zero-order valence-electron chi connectivity index (χ0n) is 6.93. The molecule has 0 atom stereocenters. The molecule has 0 bridgehead atoms. The van der Waals surface area contributed by atoms with Crippen LogP contribution in [0.5, 0.6) is 0 Å². The Kier molecular flexibility index (Phi) is 6.68. The first kappa shape index (κ1) is 10.1. The first-order chi connectivity index (χ1) is 5.31. The van der Waals surface area contributed by atoms with Crippen LogP contribution in [-0.4, -0.2) is 19.2 Å². The van der Waals surface area contributed by atoms with Crippen molar-refractivity contribution in [2.45, 2.75) is 32.1 Å². The molecule has 0 aromatic heterocycles. The van der Waals surface area contributed by atoms with Crippen LogP contribution in [0.2, 0.25) is 0 Å². The summed E-state index contributed by atoms with van der Waals surface area (Å²) in [6.07, 6.45) is 4.86. The highest BCUT2D eigenvalue weighted by molar-refractivity contribution is 5.75. The fourth-order valence-corrected chi connectivity index (χ4v) is 0.815. The van der Waals surface area contributed by atoms with Gasteiger partial charge in [-0.15, -0.1) is 0 Å². The highest BCUT2D eigenvalue weighted by Gasteiger charge is 1.95. The third-order valence-electron chi connectivity index (χ3n) is 1.50. The first-order valence-corrected chi connectivity index (χ1v) is 3.95. The van der Waals surface area contributed by atoms with Gasteiger partial charge in [0.05, 0.1) is 0 Å². The topological polar surface area (TPSA) is 46.2 Å². The Hall–Kier alpha value is -0.860. The lowest BCUT2D eigenvalue weighted by atomic mass is 10.1. The minimum Gasteiger partial charge on any atom is -0.359 e. The molecule has 0 rings (SSSR count). The predicted molar refractivity (Wildman–Crippen MR) is 43.2 cm³/mol. The molecule has 64 valence electrons. The Morgan fingerprint density at radius 2 is 2.09 bits per heavy atom. The van der Waals surface area contributed by atoms with Gasteiger partial charge in [0.1, 0.15) is 6.29 Å². The molecule has 0 aromatic rings. The average molecular weight is 157 g/mol. The van der Waals surface area contributed by atoms with Gasteiger partial charge >= 0.3 is 0 Å². The maximum absolute atomic E-state index is 10.7. The molecular weight excluding hydrogens is 142 g/mol. The van der Waals surface area contributed by atoms with E-state index >= 15 is 0 Å². The molecule has 0 fully saturated rings. The number of hydrogen-bond acceptors (Lipinski definition) is 2. The molecule has 0 aromatic carbocycles. The predicted octanol–water partition coefficient (Wildman–Crippen LogP) is 0.882. The smallest absolute Gasteiger partial charge is 0.219 e. The molecule has 3 nitrogen and oxygen atoms in total. The Bertz CT molecular complexity index is 123. The lowest BCUT2D eigenvalue weighted by molar-refractivity contribution is -0.120. The molecular formula is C8H15NO2. The van der Waals surface area contributed by atoms with Gasteiger partial charge in [0, 0.05) is 19.9 Å². The normalized spacial score (nSPS) is 9.18. The maximum atomic E-state index is 10.7. The van der Waals surface area contributed by atoms with Crippen LogP contribution in [0, 0.1) is 0 Å². The largest absolute Gasteiger partial charge is 0.359 e. The second-order valence-electron chi connectivity index (χ2n) is 2.44. The van der Waals surface area contributed by atoms with Crippen molar-refractivity contribution in [1.82, 2.24) is 5.32 Å². The van der Waals surface area contributed by atoms with Crippen LogP contribution in [0.15, 0.2) is 0 Å². The zero-order chi connectivity index (χ0) is 8.53. The quantitative estimate of drug-likeness (QED) is 0.459. The van der Waals surface area contributed by atoms with Gasteiger partial charge < -0.3 is 10.1 Å². The molecule has 0 heterocycles. The number of carbonyl (C=O) groups is 2. The number of unbranched alkanes of at least 4 members (excludes halogenated alkanes) is 3. The van der Waals surface area contributed by atoms with Crippen molar-refractivity contribution in [3.05, 3.63) is 0 Å². The van der Waals surface area contributed by atoms with Crippen LogP contribution in [0.4, 0.5) is 0 Å². The van der Waals surface area contributed by atoms with Crippen LogP contribution < -0.4 is 5.32 Å². The standard InChI is InChI=1S/C8H15NO2/c1-9-8(11)6-4-2-3-5-7-10/h7H,2-6H2,1H3,(H,9,11). The van der Waals surface area contributed by atoms with Crippen LogP contribution in [0.3, 0.4) is 0 Å². The number of hydrogen-bond donors (Lipinski definition) is 1. The van der Waals surface area contributed by atoms with Crippen molar-refractivity contribution in [2.24, 2.45) is 0 Å². The van der Waals surface area contributed by atoms with Crippen molar-refractivity contribution in [3.8, 4) is 0 Å². The molecule has 0 aliphatic rings. The van der Waals surface area contributed by atoms with E-state index in [1.165, 1.54) is 0 Å². The number of aldehydes is 1. The third-order valence-corrected chi connectivity index (χ3v) is 1.50. The molecule has 1 amide bonds. The molecule has 11 heavy (non-hydrogen) atoms. The molecule has 1 N–H and O–H groups in total. The summed E-state index contributed by atoms with van der Waals surface area (Å²) in [5, 5.41) is 2.55. The minimum atomic E-state index is 0.0797. The molecule has 0 aliphatic carbocycles. The summed E-state index contributed by atoms with van der Waals surface area (Å²) in [4.78, 5) is 20.5. The lowest BCUT2D eigenvalue weighted by Crippen LogP contribution is -2.16. The second-order valence-corrected chi connectivity index (χ2v) is 2.44. The number of nitrogens with one attached hydrogen (secondary N) is 1. The van der Waals surface area contributed by atoms with Gasteiger partial charge in [-0.05, 0) is 12.8 Å². The van der Waals surface area contributed by atoms with Gasteiger partial charge in [-0.2, -0.15) is 0 Å². The van der Waals surface area contributed by atoms with E-state index in [4.69, 9.17) is 0 Å². The van der Waals surface area contributed by atoms with E-state index in [2.05, 4.69) is 5.32 Å². The van der Waals surface area contributed by atoms with E-state index < -0.39 is 0 Å². The molecule has 0 spiro atoms. The summed E-state index contributed by atoms with van der Waals surface area (Å²) in [5.41, 5.74) is 0. The van der Waals surface area contributed by atoms with E-state index in [1.54, 1.807) is 7.05 Å². The summed E-state index contributed by atoms with van der Waals surface area (Å²) in [5.74, 6) is 0.0797. The van der Waals surface area contributed by atoms with Crippen LogP contribution >= 0.6 is 0 Å². The van der Waals surface area contributed by atoms with Crippen LogP contribution in [-0.2, 0) is 9.59 Å². The molecule has 3 heteroatoms. The van der Waals surface area contributed by atoms with Crippen LogP contribution in [0.25, 0.3) is 0 Å². The fraction of sp³-hybridized carbons (Fsp3) is 0.750. The van der Waals surface area contributed by atoms with Gasteiger partial charge in [-0.3, -0.25) is 4.79 Å². The number of amides is 1. The highest BCUT2D eigenvalue weighted by atomic mass is 16.1. The van der Waals surface area contributed by atoms with Gasteiger partial charge in [0.25, 0.3) is 0 Å². The average Bonchev–Trinajstić information content (AvgIpc) is 2.04. The molecule has 0 aliphatic heterocycles. The monoisotopic (exact) mass is 157 g/mol. The Balaban J connectivity index is 3.01. The summed E-state index contributed by atoms with van der Waals surface area (Å²) in [6, 6.07) is 0. The van der Waals surface area contributed by atoms with Crippen LogP contribution in [0.1, 0.15) is 32.1 Å². The number of rotatable bonds is 6. The van der Waals surface area contributed by atoms with E-state index in [0.717, 1.165) is 25.5 Å². The molecule has 0 saturated heterocycles. The Morgan fingerprint density at radius 1 is 1.36 bits per heavy atom. The van der Waals surface area contributed by atoms with Gasteiger partial charge in [0.2, 0.25) is 5.91 Å². The summed E-state index contributed by atoms with van der Waals surface area (Å²) >= 11 is 0. The zero-order valence-corrected chi connectivity index (χ0v) is 6.93. The Labute approximate surface area is 67.2 Å². The van der Waals surface area contributed by atoms with E-state index in [9.17, 15) is 9.59 Å². The first-order valence-electron chi connectivity index (χ1n) is 3.95. The second kappa shape index (κ2) is 7.25. The molecule has 0 unspecified atom stereocenters. The fourth-order valence-electron chi connectivity index (χ4n) is 0.815. The minimum absolute atomic E-state index is 0.0797. The van der Waals surface area contributed by atoms with Gasteiger partial charge in [-0.1, -0.05) is 6.42 Å². The third kappa shape index (κ3) is 7.03. The number of carbonyl (C=O) groups excluding carboxylic acids is 2. The van der Waals surface area contributed by atoms with E-state index in [-0.39, 0.29) is 5.91 Å². The summed E-state index contributed by atoms with van der Waals surface area (Å²) in [6.45, 7) is 0. The van der Waals surface area contributed by atoms with Crippen molar-refractivity contribution in [2.75, 3.05) is 7.05 Å². The maximum Gasteiger partial charge on any atom is 0.219 e. The summed E-state index contributed by atoms with van der Waals surface area (Å²) in [7, 11) is 1.63. The van der Waals surface area contributed by atoms with Crippen molar-refractivity contribution < 1.29 is 9.59 Å². The molecule has 0 saturated carbocycles. The van der Waals surface area contributed by atoms with Gasteiger partial charge in [-0.25, -0.2) is 0 Å². The SMILES string of the molecule is CNC(=O)CCCCCC=O.